The number of aryl methyl sites for hydroxylation is 1. The minimum absolute atomic E-state index is 0.0887. The van der Waals surface area contributed by atoms with Crippen molar-refractivity contribution in [2.75, 3.05) is 11.4 Å². The molecule has 5 nitrogen and oxygen atoms in total. The number of nitrogens with zero attached hydrogens (tertiary/aromatic N) is 2. The van der Waals surface area contributed by atoms with Crippen molar-refractivity contribution >= 4 is 33.4 Å². The summed E-state index contributed by atoms with van der Waals surface area (Å²) in [6.07, 6.45) is 1.93. The van der Waals surface area contributed by atoms with Crippen molar-refractivity contribution < 1.29 is 9.59 Å². The van der Waals surface area contributed by atoms with Crippen molar-refractivity contribution in [3.63, 3.8) is 0 Å². The van der Waals surface area contributed by atoms with Gasteiger partial charge in [-0.1, -0.05) is 22.0 Å². The SMILES string of the molecule is CC(=O)N(CCC(=O)NCc1ccccn1)c1ccc(Br)c(C)c1. The lowest BCUT2D eigenvalue weighted by Gasteiger charge is -2.21. The first kappa shape index (κ1) is 18.1. The molecule has 1 N–H and O–H groups in total. The lowest BCUT2D eigenvalue weighted by atomic mass is 10.2. The van der Waals surface area contributed by atoms with E-state index in [0.29, 0.717) is 13.1 Å². The highest BCUT2D eigenvalue weighted by molar-refractivity contribution is 9.10. The fraction of sp³-hybridized carbons (Fsp3) is 0.278. The normalized spacial score (nSPS) is 10.3. The number of amides is 2. The quantitative estimate of drug-likeness (QED) is 0.824. The van der Waals surface area contributed by atoms with Gasteiger partial charge >= 0.3 is 0 Å². The Kier molecular flexibility index (Phi) is 6.49. The summed E-state index contributed by atoms with van der Waals surface area (Å²) >= 11 is 3.45. The average Bonchev–Trinajstić information content (AvgIpc) is 2.57. The zero-order chi connectivity index (χ0) is 17.5. The summed E-state index contributed by atoms with van der Waals surface area (Å²) in [6.45, 7) is 4.19. The fourth-order valence-corrected chi connectivity index (χ4v) is 2.51. The van der Waals surface area contributed by atoms with Gasteiger partial charge in [0.05, 0.1) is 12.2 Å². The first-order valence-electron chi connectivity index (χ1n) is 7.68. The highest BCUT2D eigenvalue weighted by Crippen LogP contribution is 2.23. The Bertz CT molecular complexity index is 719. The Morgan fingerprint density at radius 2 is 2.04 bits per heavy atom. The van der Waals surface area contributed by atoms with Crippen LogP contribution in [-0.4, -0.2) is 23.3 Å². The summed E-state index contributed by atoms with van der Waals surface area (Å²) < 4.78 is 0.989. The predicted octanol–water partition coefficient (Wildman–Crippen LogP) is 3.21. The zero-order valence-electron chi connectivity index (χ0n) is 13.8. The van der Waals surface area contributed by atoms with Crippen molar-refractivity contribution in [2.45, 2.75) is 26.8 Å². The third kappa shape index (κ3) is 5.16. The van der Waals surface area contributed by atoms with E-state index in [0.717, 1.165) is 21.4 Å². The van der Waals surface area contributed by atoms with Crippen molar-refractivity contribution in [1.29, 1.82) is 0 Å². The van der Waals surface area contributed by atoms with Gasteiger partial charge in [0.1, 0.15) is 0 Å². The van der Waals surface area contributed by atoms with E-state index in [1.807, 2.05) is 43.3 Å². The maximum atomic E-state index is 12.0. The van der Waals surface area contributed by atoms with Crippen molar-refractivity contribution in [2.24, 2.45) is 0 Å². The van der Waals surface area contributed by atoms with Gasteiger partial charge < -0.3 is 10.2 Å². The molecule has 0 spiro atoms. The molecule has 1 heterocycles. The average molecular weight is 390 g/mol. The van der Waals surface area contributed by atoms with Crippen LogP contribution in [0.3, 0.4) is 0 Å². The summed E-state index contributed by atoms with van der Waals surface area (Å²) in [5.41, 5.74) is 2.64. The highest BCUT2D eigenvalue weighted by Gasteiger charge is 2.14. The molecule has 0 atom stereocenters. The number of nitrogens with one attached hydrogen (secondary N) is 1. The van der Waals surface area contributed by atoms with Gasteiger partial charge in [-0.25, -0.2) is 0 Å². The smallest absolute Gasteiger partial charge is 0.223 e. The summed E-state index contributed by atoms with van der Waals surface area (Å²) in [6, 6.07) is 11.3. The van der Waals surface area contributed by atoms with E-state index in [9.17, 15) is 9.59 Å². The van der Waals surface area contributed by atoms with Crippen LogP contribution < -0.4 is 10.2 Å². The number of carbonyl (C=O) groups is 2. The Balaban J connectivity index is 1.92. The molecule has 2 rings (SSSR count). The number of carbonyl (C=O) groups excluding carboxylic acids is 2. The number of benzene rings is 1. The number of pyridine rings is 1. The summed E-state index contributed by atoms with van der Waals surface area (Å²) in [7, 11) is 0. The van der Waals surface area contributed by atoms with E-state index in [4.69, 9.17) is 0 Å². The molecule has 0 radical (unpaired) electrons. The van der Waals surface area contributed by atoms with Crippen LogP contribution in [0.1, 0.15) is 24.6 Å². The monoisotopic (exact) mass is 389 g/mol. The van der Waals surface area contributed by atoms with Gasteiger partial charge in [-0.05, 0) is 42.8 Å². The summed E-state index contributed by atoms with van der Waals surface area (Å²) in [5.74, 6) is -0.199. The lowest BCUT2D eigenvalue weighted by Crippen LogP contribution is -2.33. The molecule has 0 aliphatic rings. The molecular weight excluding hydrogens is 370 g/mol. The van der Waals surface area contributed by atoms with Crippen molar-refractivity contribution in [3.05, 3.63) is 58.3 Å². The summed E-state index contributed by atoms with van der Waals surface area (Å²) in [5, 5.41) is 2.82. The highest BCUT2D eigenvalue weighted by atomic mass is 79.9. The molecule has 0 saturated carbocycles. The standard InChI is InChI=1S/C18H20BrN3O2/c1-13-11-16(6-7-17(13)19)22(14(2)23)10-8-18(24)21-12-15-5-3-4-9-20-15/h3-7,9,11H,8,10,12H2,1-2H3,(H,21,24). The van der Waals surface area contributed by atoms with Crippen molar-refractivity contribution in [1.82, 2.24) is 10.3 Å². The van der Waals surface area contributed by atoms with Gasteiger partial charge in [0, 0.05) is 36.2 Å². The second-order valence-corrected chi connectivity index (χ2v) is 6.31. The van der Waals surface area contributed by atoms with Crippen LogP contribution >= 0.6 is 15.9 Å². The number of rotatable bonds is 6. The van der Waals surface area contributed by atoms with Gasteiger partial charge in [0.2, 0.25) is 11.8 Å². The van der Waals surface area contributed by atoms with Crippen molar-refractivity contribution in [3.8, 4) is 0 Å². The van der Waals surface area contributed by atoms with Crippen LogP contribution in [0.4, 0.5) is 5.69 Å². The molecule has 0 bridgehead atoms. The molecule has 2 amide bonds. The zero-order valence-corrected chi connectivity index (χ0v) is 15.3. The summed E-state index contributed by atoms with van der Waals surface area (Å²) in [4.78, 5) is 29.7. The molecule has 126 valence electrons. The third-order valence-corrected chi connectivity index (χ3v) is 4.48. The first-order chi connectivity index (χ1) is 11.5. The number of hydrogen-bond acceptors (Lipinski definition) is 3. The first-order valence-corrected chi connectivity index (χ1v) is 8.47. The van der Waals surface area contributed by atoms with Crippen LogP contribution in [0.15, 0.2) is 47.1 Å². The van der Waals surface area contributed by atoms with E-state index in [2.05, 4.69) is 26.2 Å². The molecule has 0 unspecified atom stereocenters. The molecular formula is C18H20BrN3O2. The van der Waals surface area contributed by atoms with E-state index in [1.165, 1.54) is 6.92 Å². The van der Waals surface area contributed by atoms with Crippen LogP contribution in [0, 0.1) is 6.92 Å². The second-order valence-electron chi connectivity index (χ2n) is 5.45. The predicted molar refractivity (Wildman–Crippen MR) is 97.6 cm³/mol. The molecule has 1 aromatic heterocycles. The van der Waals surface area contributed by atoms with Crippen LogP contribution in [0.25, 0.3) is 0 Å². The third-order valence-electron chi connectivity index (χ3n) is 3.59. The lowest BCUT2D eigenvalue weighted by molar-refractivity contribution is -0.121. The van der Waals surface area contributed by atoms with Gasteiger partial charge in [0.25, 0.3) is 0 Å². The second kappa shape index (κ2) is 8.59. The largest absolute Gasteiger partial charge is 0.350 e. The maximum Gasteiger partial charge on any atom is 0.223 e. The van der Waals surface area contributed by atoms with Gasteiger partial charge in [-0.3, -0.25) is 14.6 Å². The minimum Gasteiger partial charge on any atom is -0.350 e. The molecule has 24 heavy (non-hydrogen) atoms. The van der Waals surface area contributed by atoms with E-state index >= 15 is 0 Å². The van der Waals surface area contributed by atoms with Crippen LogP contribution in [0.5, 0.6) is 0 Å². The van der Waals surface area contributed by atoms with E-state index < -0.39 is 0 Å². The van der Waals surface area contributed by atoms with Crippen LogP contribution in [-0.2, 0) is 16.1 Å². The topological polar surface area (TPSA) is 62.3 Å². The Labute approximate surface area is 150 Å². The van der Waals surface area contributed by atoms with Gasteiger partial charge in [-0.2, -0.15) is 0 Å². The Hall–Kier alpha value is -2.21. The van der Waals surface area contributed by atoms with Crippen LogP contribution in [0.2, 0.25) is 0 Å². The van der Waals surface area contributed by atoms with Gasteiger partial charge in [0.15, 0.2) is 0 Å². The molecule has 0 aliphatic carbocycles. The Morgan fingerprint density at radius 1 is 1.25 bits per heavy atom. The molecule has 6 heteroatoms. The number of aromatic nitrogens is 1. The minimum atomic E-state index is -0.110. The molecule has 0 fully saturated rings. The molecule has 1 aromatic carbocycles. The molecule has 2 aromatic rings. The molecule has 0 aliphatic heterocycles. The number of anilines is 1. The number of hydrogen-bond donors (Lipinski definition) is 1. The fourth-order valence-electron chi connectivity index (χ4n) is 2.26. The number of halogens is 1. The Morgan fingerprint density at radius 3 is 2.67 bits per heavy atom. The van der Waals surface area contributed by atoms with Gasteiger partial charge in [-0.15, -0.1) is 0 Å². The maximum absolute atomic E-state index is 12.0. The van der Waals surface area contributed by atoms with E-state index in [1.54, 1.807) is 11.1 Å². The van der Waals surface area contributed by atoms with E-state index in [-0.39, 0.29) is 18.2 Å². The molecule has 0 saturated heterocycles.